The van der Waals surface area contributed by atoms with Crippen molar-refractivity contribution < 1.29 is 108 Å². The molecule has 0 unspecified atom stereocenters. The molecule has 0 aliphatic heterocycles. The van der Waals surface area contributed by atoms with Gasteiger partial charge in [-0.2, -0.15) is 0 Å². The molecule has 0 spiro atoms. The van der Waals surface area contributed by atoms with Gasteiger partial charge in [-0.3, -0.25) is 0 Å². The molecule has 0 heterocycles. The van der Waals surface area contributed by atoms with Crippen LogP contribution in [0.2, 0.25) is 0 Å². The van der Waals surface area contributed by atoms with E-state index in [0.29, 0.717) is 0 Å². The molecular formula is CH16Ni3O11. The molecule has 0 atom stereocenters. The molecule has 0 saturated carbocycles. The molecule has 0 aromatic rings. The molecule has 0 aliphatic rings. The van der Waals surface area contributed by atoms with Crippen LogP contribution < -0.4 is 10.2 Å². The van der Waals surface area contributed by atoms with Crippen molar-refractivity contribution in [1.29, 1.82) is 0 Å². The van der Waals surface area contributed by atoms with Crippen LogP contribution in [0.5, 0.6) is 0 Å². The summed E-state index contributed by atoms with van der Waals surface area (Å²) in [6, 6.07) is 0. The molecular weight excluding hydrogens is 364 g/mol. The predicted octanol–water partition coefficient (Wildman–Crippen LogP) is -9.05. The first-order chi connectivity index (χ1) is 1.73. The summed E-state index contributed by atoms with van der Waals surface area (Å²) < 4.78 is 0. The number of carbonyl (C=O) groups is 1. The van der Waals surface area contributed by atoms with E-state index < -0.39 is 6.16 Å². The van der Waals surface area contributed by atoms with Gasteiger partial charge in [0.1, 0.15) is 0 Å². The first kappa shape index (κ1) is 273. The molecule has 0 aromatic carbocycles. The molecule has 0 saturated heterocycles. The third kappa shape index (κ3) is 12000. The molecule has 14 heteroatoms. The van der Waals surface area contributed by atoms with Crippen molar-refractivity contribution >= 4 is 6.16 Å². The van der Waals surface area contributed by atoms with Crippen molar-refractivity contribution in [2.45, 2.75) is 0 Å². The third-order valence-electron chi connectivity index (χ3n) is 0. The van der Waals surface area contributed by atoms with Gasteiger partial charge in [-0.15, -0.1) is 0 Å². The molecule has 0 aliphatic carbocycles. The fourth-order valence-corrected chi connectivity index (χ4v) is 0. The van der Waals surface area contributed by atoms with Crippen LogP contribution in [0.3, 0.4) is 0 Å². The molecule has 0 bridgehead atoms. The minimum Gasteiger partial charge on any atom is -0.652 e. The van der Waals surface area contributed by atoms with Gasteiger partial charge in [-0.05, 0) is 6.16 Å². The number of hydrogen-bond acceptors (Lipinski definition) is 3. The normalized spacial score (nSPS) is 1.60. The van der Waals surface area contributed by atoms with E-state index in [-0.39, 0.29) is 93.3 Å². The van der Waals surface area contributed by atoms with Crippen molar-refractivity contribution in [3.8, 4) is 0 Å². The van der Waals surface area contributed by atoms with Crippen molar-refractivity contribution in [1.82, 2.24) is 0 Å². The number of carbonyl (C=O) groups excluding carboxylic acids is 1. The van der Waals surface area contributed by atoms with Gasteiger partial charge in [0, 0.05) is 33.0 Å². The summed E-state index contributed by atoms with van der Waals surface area (Å²) in [6.45, 7) is 0. The molecule has 0 radical (unpaired) electrons. The fourth-order valence-electron chi connectivity index (χ4n) is 0. The van der Waals surface area contributed by atoms with Gasteiger partial charge in [0.25, 0.3) is 0 Å². The van der Waals surface area contributed by atoms with E-state index in [1.165, 1.54) is 0 Å². The van der Waals surface area contributed by atoms with Crippen LogP contribution in [0.25, 0.3) is 0 Å². The SMILES string of the molecule is O.O.O.O.O.O.O.O.O=C([O-])[O-].[Ni+2].[Ni].[Ni]. The van der Waals surface area contributed by atoms with Crippen LogP contribution in [-0.2, 0) is 49.5 Å². The van der Waals surface area contributed by atoms with Crippen LogP contribution >= 0.6 is 0 Å². The Morgan fingerprint density at radius 1 is 0.600 bits per heavy atom. The molecule has 16 N–H and O–H groups in total. The summed E-state index contributed by atoms with van der Waals surface area (Å²) in [5.41, 5.74) is 0. The second-order valence-corrected chi connectivity index (χ2v) is 0.250. The zero-order valence-electron chi connectivity index (χ0n) is 6.67. The van der Waals surface area contributed by atoms with Gasteiger partial charge in [0.05, 0.1) is 0 Å². The summed E-state index contributed by atoms with van der Waals surface area (Å²) in [4.78, 5) is 8.33. The van der Waals surface area contributed by atoms with Gasteiger partial charge in [-0.25, -0.2) is 0 Å². The number of carboxylic acid groups (broad SMARTS) is 2. The second-order valence-electron chi connectivity index (χ2n) is 0.250. The Hall–Kier alpha value is 0.431. The quantitative estimate of drug-likeness (QED) is 0.369. The van der Waals surface area contributed by atoms with Crippen molar-refractivity contribution in [3.05, 3.63) is 0 Å². The summed E-state index contributed by atoms with van der Waals surface area (Å²) in [5.74, 6) is 0. The average molecular weight is 380 g/mol. The molecule has 0 rings (SSSR count). The Bertz CT molecular complexity index is 38.8. The molecule has 0 fully saturated rings. The maximum Gasteiger partial charge on any atom is 2.00 e. The molecule has 15 heavy (non-hydrogen) atoms. The van der Waals surface area contributed by atoms with Crippen molar-refractivity contribution in [2.75, 3.05) is 0 Å². The van der Waals surface area contributed by atoms with E-state index in [9.17, 15) is 0 Å². The fraction of sp³-hybridized carbons (Fsp3) is 0. The summed E-state index contributed by atoms with van der Waals surface area (Å²) >= 11 is 0. The minimum atomic E-state index is -2.33. The third-order valence-corrected chi connectivity index (χ3v) is 0. The van der Waals surface area contributed by atoms with Gasteiger partial charge >= 0.3 is 16.5 Å². The minimum absolute atomic E-state index is 0. The van der Waals surface area contributed by atoms with Crippen LogP contribution in [0.15, 0.2) is 0 Å². The monoisotopic (exact) mass is 378 g/mol. The first-order valence-corrected chi connectivity index (χ1v) is 0.612. The van der Waals surface area contributed by atoms with E-state index in [4.69, 9.17) is 15.0 Å². The van der Waals surface area contributed by atoms with Crippen molar-refractivity contribution in [2.24, 2.45) is 0 Å². The smallest absolute Gasteiger partial charge is 0.652 e. The van der Waals surface area contributed by atoms with Gasteiger partial charge < -0.3 is 58.8 Å². The van der Waals surface area contributed by atoms with E-state index in [1.807, 2.05) is 0 Å². The Morgan fingerprint density at radius 3 is 0.600 bits per heavy atom. The number of hydrogen-bond donors (Lipinski definition) is 0. The van der Waals surface area contributed by atoms with Crippen molar-refractivity contribution in [3.63, 3.8) is 0 Å². The zero-order chi connectivity index (χ0) is 3.58. The van der Waals surface area contributed by atoms with Crippen LogP contribution in [0.1, 0.15) is 0 Å². The maximum absolute atomic E-state index is 8.33. The van der Waals surface area contributed by atoms with Crippen LogP contribution in [0, 0.1) is 0 Å². The molecule has 0 amide bonds. The van der Waals surface area contributed by atoms with Gasteiger partial charge in [-0.1, -0.05) is 0 Å². The average Bonchev–Trinajstić information content (AvgIpc) is 0.811. The summed E-state index contributed by atoms with van der Waals surface area (Å²) in [5, 5.41) is 16.7. The zero-order valence-corrected chi connectivity index (χ0v) is 9.64. The van der Waals surface area contributed by atoms with Crippen LogP contribution in [-0.4, -0.2) is 50.0 Å². The predicted molar refractivity (Wildman–Crippen MR) is 34.3 cm³/mol. The van der Waals surface area contributed by atoms with E-state index in [2.05, 4.69) is 0 Å². The standard InChI is InChI=1S/CH2O3.3Ni.8H2O/c2-1(3)4;;;;;;;;;;;/h(H2,2,3,4);;;;8*1H2/q;;;+2;;;;;;;;/p-2. The van der Waals surface area contributed by atoms with E-state index in [1.54, 1.807) is 0 Å². The second kappa shape index (κ2) is 221. The largest absolute Gasteiger partial charge is 2.00 e. The Balaban J connectivity index is -0.000000000818. The first-order valence-electron chi connectivity index (χ1n) is 0.612. The van der Waals surface area contributed by atoms with Gasteiger partial charge in [0.15, 0.2) is 0 Å². The topological polar surface area (TPSA) is 315 Å². The van der Waals surface area contributed by atoms with E-state index in [0.717, 1.165) is 0 Å². The van der Waals surface area contributed by atoms with Crippen LogP contribution in [0.4, 0.5) is 4.79 Å². The molecule has 0 aromatic heterocycles. The van der Waals surface area contributed by atoms with Gasteiger partial charge in [0.2, 0.25) is 0 Å². The Morgan fingerprint density at radius 2 is 0.600 bits per heavy atom. The Kier molecular flexibility index (Phi) is 4030. The van der Waals surface area contributed by atoms with E-state index >= 15 is 0 Å². The summed E-state index contributed by atoms with van der Waals surface area (Å²) in [6.07, 6.45) is -2.33. The maximum atomic E-state index is 8.33. The molecule has 11 nitrogen and oxygen atoms in total. The number of rotatable bonds is 0. The Labute approximate surface area is 114 Å². The molecule has 116 valence electrons. The summed E-state index contributed by atoms with van der Waals surface area (Å²) in [7, 11) is 0.